The Labute approximate surface area is 205 Å². The molecule has 0 saturated carbocycles. The van der Waals surface area contributed by atoms with Gasteiger partial charge in [0, 0.05) is 22.2 Å². The van der Waals surface area contributed by atoms with Crippen molar-refractivity contribution in [3.63, 3.8) is 0 Å². The minimum atomic E-state index is -0.886. The van der Waals surface area contributed by atoms with Crippen molar-refractivity contribution in [1.82, 2.24) is 5.32 Å². The van der Waals surface area contributed by atoms with Gasteiger partial charge in [0.1, 0.15) is 29.5 Å². The number of carbonyl (C=O) groups is 3. The Morgan fingerprint density at radius 2 is 1.83 bits per heavy atom. The van der Waals surface area contributed by atoms with E-state index >= 15 is 0 Å². The lowest BCUT2D eigenvalue weighted by Gasteiger charge is -2.26. The molecule has 4 rings (SSSR count). The lowest BCUT2D eigenvalue weighted by molar-refractivity contribution is -0.122. The number of anilines is 1. The molecule has 4 amide bonds. The van der Waals surface area contributed by atoms with Crippen LogP contribution in [0.2, 0.25) is 5.02 Å². The van der Waals surface area contributed by atoms with Crippen molar-refractivity contribution < 1.29 is 28.2 Å². The van der Waals surface area contributed by atoms with E-state index in [0.717, 1.165) is 10.5 Å². The standard InChI is InChI=1S/C26H20ClFN2O5/c1-15-7-9-18(12-21(15)27)30-25(32)20(24(31)29-26(30)33)11-16-8-10-19(34-2)13-23(16)35-14-17-5-3-4-6-22(17)28/h3-13H,14H2,1-2H3,(H,29,31,33)/b20-11+. The third kappa shape index (κ3) is 5.02. The van der Waals surface area contributed by atoms with Crippen molar-refractivity contribution >= 4 is 41.2 Å². The summed E-state index contributed by atoms with van der Waals surface area (Å²) >= 11 is 6.16. The number of aryl methyl sites for hydroxylation is 1. The van der Waals surface area contributed by atoms with Crippen LogP contribution in [0.15, 0.2) is 66.2 Å². The average Bonchev–Trinajstić information content (AvgIpc) is 2.83. The molecule has 178 valence electrons. The van der Waals surface area contributed by atoms with Gasteiger partial charge in [-0.3, -0.25) is 14.9 Å². The Morgan fingerprint density at radius 1 is 1.06 bits per heavy atom. The fourth-order valence-corrected chi connectivity index (χ4v) is 3.60. The predicted molar refractivity (Wildman–Crippen MR) is 129 cm³/mol. The molecule has 1 saturated heterocycles. The molecule has 3 aromatic carbocycles. The molecule has 1 aliphatic rings. The van der Waals surface area contributed by atoms with Gasteiger partial charge in [-0.25, -0.2) is 14.1 Å². The highest BCUT2D eigenvalue weighted by Gasteiger charge is 2.37. The summed E-state index contributed by atoms with van der Waals surface area (Å²) in [5, 5.41) is 2.54. The number of benzene rings is 3. The van der Waals surface area contributed by atoms with Crippen LogP contribution in [0.1, 0.15) is 16.7 Å². The summed E-state index contributed by atoms with van der Waals surface area (Å²) in [6, 6.07) is 14.7. The molecule has 0 aromatic heterocycles. The van der Waals surface area contributed by atoms with Crippen LogP contribution in [0.5, 0.6) is 11.5 Å². The second-order valence-corrected chi connectivity index (χ2v) is 8.08. The molecule has 0 radical (unpaired) electrons. The van der Waals surface area contributed by atoms with Crippen molar-refractivity contribution in [3.8, 4) is 11.5 Å². The molecule has 0 spiro atoms. The zero-order chi connectivity index (χ0) is 25.1. The van der Waals surface area contributed by atoms with Gasteiger partial charge in [0.15, 0.2) is 0 Å². The first kappa shape index (κ1) is 24.0. The van der Waals surface area contributed by atoms with E-state index in [2.05, 4.69) is 5.32 Å². The lowest BCUT2D eigenvalue weighted by Crippen LogP contribution is -2.54. The second kappa shape index (κ2) is 9.99. The van der Waals surface area contributed by atoms with Crippen LogP contribution in [0.4, 0.5) is 14.9 Å². The quantitative estimate of drug-likeness (QED) is 0.383. The van der Waals surface area contributed by atoms with E-state index in [-0.39, 0.29) is 23.6 Å². The summed E-state index contributed by atoms with van der Waals surface area (Å²) in [5.74, 6) is -1.40. The normalized spacial score (nSPS) is 14.8. The number of nitrogens with zero attached hydrogens (tertiary/aromatic N) is 1. The molecule has 1 fully saturated rings. The number of methoxy groups -OCH3 is 1. The summed E-state index contributed by atoms with van der Waals surface area (Å²) in [6.45, 7) is 1.69. The van der Waals surface area contributed by atoms with Crippen LogP contribution in [0.3, 0.4) is 0 Å². The molecule has 0 unspecified atom stereocenters. The summed E-state index contributed by atoms with van der Waals surface area (Å²) in [7, 11) is 1.47. The molecule has 7 nitrogen and oxygen atoms in total. The Hall–Kier alpha value is -4.17. The molecule has 0 bridgehead atoms. The Kier molecular flexibility index (Phi) is 6.84. The van der Waals surface area contributed by atoms with Gasteiger partial charge < -0.3 is 9.47 Å². The van der Waals surface area contributed by atoms with E-state index in [9.17, 15) is 18.8 Å². The number of rotatable bonds is 6. The minimum Gasteiger partial charge on any atom is -0.497 e. The number of hydrogen-bond acceptors (Lipinski definition) is 5. The van der Waals surface area contributed by atoms with Crippen molar-refractivity contribution in [2.75, 3.05) is 12.0 Å². The van der Waals surface area contributed by atoms with E-state index in [0.29, 0.717) is 21.9 Å². The van der Waals surface area contributed by atoms with Gasteiger partial charge in [-0.2, -0.15) is 0 Å². The fourth-order valence-electron chi connectivity index (χ4n) is 3.43. The van der Waals surface area contributed by atoms with E-state index < -0.39 is 23.7 Å². The first-order valence-electron chi connectivity index (χ1n) is 10.5. The monoisotopic (exact) mass is 494 g/mol. The van der Waals surface area contributed by atoms with Gasteiger partial charge in [0.25, 0.3) is 11.8 Å². The number of imide groups is 2. The predicted octanol–water partition coefficient (Wildman–Crippen LogP) is 5.04. The van der Waals surface area contributed by atoms with Crippen molar-refractivity contribution in [2.45, 2.75) is 13.5 Å². The molecule has 1 N–H and O–H groups in total. The molecular formula is C26H20ClFN2O5. The zero-order valence-electron chi connectivity index (χ0n) is 18.8. The van der Waals surface area contributed by atoms with Gasteiger partial charge in [-0.1, -0.05) is 35.9 Å². The maximum Gasteiger partial charge on any atom is 0.335 e. The molecule has 35 heavy (non-hydrogen) atoms. The minimum absolute atomic E-state index is 0.0946. The molecule has 0 atom stereocenters. The third-order valence-electron chi connectivity index (χ3n) is 5.38. The maximum absolute atomic E-state index is 14.0. The Balaban J connectivity index is 1.70. The van der Waals surface area contributed by atoms with Crippen LogP contribution in [0, 0.1) is 12.7 Å². The number of hydrogen-bond donors (Lipinski definition) is 1. The number of amides is 4. The maximum atomic E-state index is 14.0. The molecule has 1 aliphatic heterocycles. The van der Waals surface area contributed by atoms with Crippen molar-refractivity contribution in [3.05, 3.63) is 93.8 Å². The van der Waals surface area contributed by atoms with Gasteiger partial charge in [0.2, 0.25) is 0 Å². The Morgan fingerprint density at radius 3 is 2.54 bits per heavy atom. The molecule has 0 aliphatic carbocycles. The smallest absolute Gasteiger partial charge is 0.335 e. The number of halogens is 2. The van der Waals surface area contributed by atoms with Gasteiger partial charge in [0.05, 0.1) is 12.8 Å². The summed E-state index contributed by atoms with van der Waals surface area (Å²) in [6.07, 6.45) is 1.31. The van der Waals surface area contributed by atoms with Gasteiger partial charge in [-0.05, 0) is 48.9 Å². The number of barbiturate groups is 1. The average molecular weight is 495 g/mol. The Bertz CT molecular complexity index is 1370. The molecule has 1 heterocycles. The highest BCUT2D eigenvalue weighted by Crippen LogP contribution is 2.30. The summed E-state index contributed by atoms with van der Waals surface area (Å²) < 4.78 is 25.1. The van der Waals surface area contributed by atoms with E-state index in [1.165, 1.54) is 25.3 Å². The van der Waals surface area contributed by atoms with Gasteiger partial charge >= 0.3 is 6.03 Å². The first-order valence-corrected chi connectivity index (χ1v) is 10.9. The topological polar surface area (TPSA) is 84.9 Å². The van der Waals surface area contributed by atoms with Crippen LogP contribution in [-0.2, 0) is 16.2 Å². The molecule has 9 heteroatoms. The summed E-state index contributed by atoms with van der Waals surface area (Å²) in [5.41, 5.74) is 1.38. The first-order chi connectivity index (χ1) is 16.8. The third-order valence-corrected chi connectivity index (χ3v) is 5.78. The van der Waals surface area contributed by atoms with Crippen LogP contribution in [0.25, 0.3) is 6.08 Å². The SMILES string of the molecule is COc1ccc(/C=C2\C(=O)NC(=O)N(c3ccc(C)c(Cl)c3)C2=O)c(OCc2ccccc2F)c1. The van der Waals surface area contributed by atoms with Crippen LogP contribution in [-0.4, -0.2) is 25.0 Å². The van der Waals surface area contributed by atoms with Crippen LogP contribution < -0.4 is 19.7 Å². The van der Waals surface area contributed by atoms with Gasteiger partial charge in [-0.15, -0.1) is 0 Å². The molecule has 3 aromatic rings. The fraction of sp³-hybridized carbons (Fsp3) is 0.115. The van der Waals surface area contributed by atoms with Crippen LogP contribution >= 0.6 is 11.6 Å². The second-order valence-electron chi connectivity index (χ2n) is 7.68. The van der Waals surface area contributed by atoms with Crippen molar-refractivity contribution in [2.24, 2.45) is 0 Å². The number of carbonyl (C=O) groups excluding carboxylic acids is 3. The van der Waals surface area contributed by atoms with E-state index in [4.69, 9.17) is 21.1 Å². The molecular weight excluding hydrogens is 475 g/mol. The number of nitrogens with one attached hydrogen (secondary N) is 1. The largest absolute Gasteiger partial charge is 0.497 e. The van der Waals surface area contributed by atoms with E-state index in [1.807, 2.05) is 0 Å². The highest BCUT2D eigenvalue weighted by molar-refractivity contribution is 6.39. The number of ether oxygens (including phenoxy) is 2. The lowest BCUT2D eigenvalue weighted by atomic mass is 10.1. The van der Waals surface area contributed by atoms with Crippen molar-refractivity contribution in [1.29, 1.82) is 0 Å². The van der Waals surface area contributed by atoms with E-state index in [1.54, 1.807) is 55.5 Å². The zero-order valence-corrected chi connectivity index (χ0v) is 19.6. The number of urea groups is 1. The summed E-state index contributed by atoms with van der Waals surface area (Å²) in [4.78, 5) is 39.1. The highest BCUT2D eigenvalue weighted by atomic mass is 35.5.